The van der Waals surface area contributed by atoms with Crippen LogP contribution in [0.2, 0.25) is 5.02 Å². The van der Waals surface area contributed by atoms with Gasteiger partial charge in [0.1, 0.15) is 17.4 Å². The maximum atomic E-state index is 13.0. The standard InChI is InChI=1S/C23H25ClN2O5.ClH/c1-12(25)22(29)30-20-19(26-21(28)15-6-5-7-16(24)10-15)17-11-14(13(2)27)8-9-18(17)31-23(20,3)4;/h5-12,19-20H,25H2,1-4H3,(H,26,28);1H/t12-,19-,20+;/m0./s1. The largest absolute Gasteiger partial charge is 0.484 e. The van der Waals surface area contributed by atoms with Crippen LogP contribution in [-0.4, -0.2) is 35.4 Å². The van der Waals surface area contributed by atoms with E-state index < -0.39 is 35.7 Å². The molecule has 1 aliphatic rings. The van der Waals surface area contributed by atoms with Gasteiger partial charge in [-0.15, -0.1) is 12.4 Å². The molecule has 1 heterocycles. The number of nitrogens with two attached hydrogens (primary N) is 1. The Hall–Kier alpha value is -2.61. The number of benzene rings is 2. The SMILES string of the molecule is CC(=O)c1ccc2c(c1)[C@H](NC(=O)c1cccc(Cl)c1)[C@@H](OC(=O)[C@H](C)N)C(C)(C)O2.Cl. The van der Waals surface area contributed by atoms with Gasteiger partial charge in [-0.3, -0.25) is 14.4 Å². The first kappa shape index (κ1) is 25.6. The third-order valence-electron chi connectivity index (χ3n) is 5.10. The van der Waals surface area contributed by atoms with Crippen molar-refractivity contribution in [2.24, 2.45) is 5.73 Å². The molecule has 3 atom stereocenters. The summed E-state index contributed by atoms with van der Waals surface area (Å²) in [6, 6.07) is 9.83. The van der Waals surface area contributed by atoms with Crippen molar-refractivity contribution in [3.05, 3.63) is 64.2 Å². The number of fused-ring (bicyclic) bond motifs is 1. The molecule has 2 aromatic carbocycles. The minimum absolute atomic E-state index is 0. The Labute approximate surface area is 198 Å². The Morgan fingerprint density at radius 2 is 1.84 bits per heavy atom. The Bertz CT molecular complexity index is 1040. The number of hydrogen-bond donors (Lipinski definition) is 2. The molecular formula is C23H26Cl2N2O5. The van der Waals surface area contributed by atoms with Crippen LogP contribution in [0.4, 0.5) is 0 Å². The predicted molar refractivity (Wildman–Crippen MR) is 124 cm³/mol. The number of carbonyl (C=O) groups is 3. The molecule has 0 fully saturated rings. The summed E-state index contributed by atoms with van der Waals surface area (Å²) in [4.78, 5) is 37.3. The number of nitrogens with one attached hydrogen (secondary N) is 1. The van der Waals surface area contributed by atoms with E-state index in [-0.39, 0.29) is 18.2 Å². The Kier molecular flexibility index (Phi) is 7.93. The molecule has 9 heteroatoms. The molecular weight excluding hydrogens is 455 g/mol. The highest BCUT2D eigenvalue weighted by Crippen LogP contribution is 2.42. The molecule has 172 valence electrons. The summed E-state index contributed by atoms with van der Waals surface area (Å²) in [7, 11) is 0. The second kappa shape index (κ2) is 9.90. The van der Waals surface area contributed by atoms with Gasteiger partial charge in [0.05, 0.1) is 6.04 Å². The van der Waals surface area contributed by atoms with E-state index in [1.54, 1.807) is 50.2 Å². The van der Waals surface area contributed by atoms with Gasteiger partial charge in [-0.2, -0.15) is 0 Å². The van der Waals surface area contributed by atoms with Crippen molar-refractivity contribution >= 4 is 41.7 Å². The number of amides is 1. The van der Waals surface area contributed by atoms with Crippen molar-refractivity contribution in [2.75, 3.05) is 0 Å². The Morgan fingerprint density at radius 3 is 2.44 bits per heavy atom. The van der Waals surface area contributed by atoms with Crippen LogP contribution in [0.25, 0.3) is 0 Å². The predicted octanol–water partition coefficient (Wildman–Crippen LogP) is 3.87. The van der Waals surface area contributed by atoms with E-state index in [2.05, 4.69) is 5.32 Å². The quantitative estimate of drug-likeness (QED) is 0.496. The number of carbonyl (C=O) groups excluding carboxylic acids is 3. The Morgan fingerprint density at radius 1 is 1.16 bits per heavy atom. The average Bonchev–Trinajstić information content (AvgIpc) is 2.69. The molecule has 0 saturated carbocycles. The Balaban J connectivity index is 0.00000363. The number of rotatable bonds is 5. The number of esters is 1. The molecule has 3 rings (SSSR count). The lowest BCUT2D eigenvalue weighted by Crippen LogP contribution is -2.56. The smallest absolute Gasteiger partial charge is 0.323 e. The molecule has 1 amide bonds. The second-order valence-electron chi connectivity index (χ2n) is 8.12. The molecule has 0 spiro atoms. The van der Waals surface area contributed by atoms with Crippen LogP contribution in [0.1, 0.15) is 60.0 Å². The fourth-order valence-corrected chi connectivity index (χ4v) is 3.65. The van der Waals surface area contributed by atoms with Crippen molar-refractivity contribution in [3.63, 3.8) is 0 Å². The van der Waals surface area contributed by atoms with Gasteiger partial charge in [0.2, 0.25) is 0 Å². The minimum Gasteiger partial charge on any atom is -0.484 e. The van der Waals surface area contributed by atoms with E-state index in [1.807, 2.05) is 0 Å². The van der Waals surface area contributed by atoms with Crippen molar-refractivity contribution < 1.29 is 23.9 Å². The lowest BCUT2D eigenvalue weighted by Gasteiger charge is -2.44. The third kappa shape index (κ3) is 5.41. The number of halogens is 2. The first-order valence-electron chi connectivity index (χ1n) is 9.86. The van der Waals surface area contributed by atoms with E-state index >= 15 is 0 Å². The first-order valence-corrected chi connectivity index (χ1v) is 10.2. The van der Waals surface area contributed by atoms with E-state index in [4.69, 9.17) is 26.8 Å². The molecule has 0 aliphatic carbocycles. The summed E-state index contributed by atoms with van der Waals surface area (Å²) >= 11 is 6.03. The van der Waals surface area contributed by atoms with E-state index in [1.165, 1.54) is 19.9 Å². The van der Waals surface area contributed by atoms with Gasteiger partial charge in [0, 0.05) is 21.7 Å². The van der Waals surface area contributed by atoms with Crippen LogP contribution in [0.3, 0.4) is 0 Å². The minimum atomic E-state index is -0.985. The lowest BCUT2D eigenvalue weighted by atomic mass is 9.85. The van der Waals surface area contributed by atoms with E-state index in [0.29, 0.717) is 27.5 Å². The van der Waals surface area contributed by atoms with Crippen LogP contribution < -0.4 is 15.8 Å². The molecule has 0 unspecified atom stereocenters. The molecule has 32 heavy (non-hydrogen) atoms. The van der Waals surface area contributed by atoms with Crippen molar-refractivity contribution in [1.29, 1.82) is 0 Å². The van der Waals surface area contributed by atoms with E-state index in [9.17, 15) is 14.4 Å². The topological polar surface area (TPSA) is 108 Å². The van der Waals surface area contributed by atoms with Gasteiger partial charge in [-0.05, 0) is 64.1 Å². The number of hydrogen-bond acceptors (Lipinski definition) is 6. The van der Waals surface area contributed by atoms with Crippen LogP contribution in [0, 0.1) is 0 Å². The first-order chi connectivity index (χ1) is 14.5. The maximum Gasteiger partial charge on any atom is 0.323 e. The zero-order valence-corrected chi connectivity index (χ0v) is 19.8. The maximum absolute atomic E-state index is 13.0. The molecule has 3 N–H and O–H groups in total. The molecule has 2 aromatic rings. The molecule has 1 aliphatic heterocycles. The summed E-state index contributed by atoms with van der Waals surface area (Å²) in [5, 5.41) is 3.34. The lowest BCUT2D eigenvalue weighted by molar-refractivity contribution is -0.166. The molecule has 0 radical (unpaired) electrons. The number of ether oxygens (including phenoxy) is 2. The summed E-state index contributed by atoms with van der Waals surface area (Å²) in [6.07, 6.45) is -0.899. The summed E-state index contributed by atoms with van der Waals surface area (Å²) in [5.41, 5.74) is 6.03. The van der Waals surface area contributed by atoms with Crippen LogP contribution in [0.15, 0.2) is 42.5 Å². The zero-order valence-electron chi connectivity index (χ0n) is 18.2. The summed E-state index contributed by atoms with van der Waals surface area (Å²) in [5.74, 6) is -0.697. The average molecular weight is 481 g/mol. The normalized spacial score (nSPS) is 19.4. The van der Waals surface area contributed by atoms with Gasteiger partial charge < -0.3 is 20.5 Å². The van der Waals surface area contributed by atoms with Crippen molar-refractivity contribution in [1.82, 2.24) is 5.32 Å². The highest BCUT2D eigenvalue weighted by Gasteiger charge is 2.47. The van der Waals surface area contributed by atoms with Crippen LogP contribution in [-0.2, 0) is 9.53 Å². The van der Waals surface area contributed by atoms with Crippen LogP contribution in [0.5, 0.6) is 5.75 Å². The van der Waals surface area contributed by atoms with Crippen molar-refractivity contribution in [2.45, 2.75) is 51.5 Å². The number of Topliss-reactive ketones (excluding diaryl/α,β-unsaturated/α-hetero) is 1. The zero-order chi connectivity index (χ0) is 22.9. The molecule has 0 saturated heterocycles. The van der Waals surface area contributed by atoms with Gasteiger partial charge >= 0.3 is 5.97 Å². The fourth-order valence-electron chi connectivity index (χ4n) is 3.46. The summed E-state index contributed by atoms with van der Waals surface area (Å²) < 4.78 is 11.8. The number of ketones is 1. The van der Waals surface area contributed by atoms with E-state index in [0.717, 1.165) is 0 Å². The van der Waals surface area contributed by atoms with Gasteiger partial charge in [-0.1, -0.05) is 17.7 Å². The molecule has 7 nitrogen and oxygen atoms in total. The van der Waals surface area contributed by atoms with Crippen molar-refractivity contribution in [3.8, 4) is 5.75 Å². The molecule has 0 aromatic heterocycles. The highest BCUT2D eigenvalue weighted by atomic mass is 35.5. The van der Waals surface area contributed by atoms with Crippen LogP contribution >= 0.6 is 24.0 Å². The monoisotopic (exact) mass is 480 g/mol. The summed E-state index contributed by atoms with van der Waals surface area (Å²) in [6.45, 7) is 6.47. The third-order valence-corrected chi connectivity index (χ3v) is 5.34. The van der Waals surface area contributed by atoms with Gasteiger partial charge in [-0.25, -0.2) is 0 Å². The van der Waals surface area contributed by atoms with Gasteiger partial charge in [0.25, 0.3) is 5.91 Å². The molecule has 0 bridgehead atoms. The van der Waals surface area contributed by atoms with Gasteiger partial charge in [0.15, 0.2) is 11.9 Å². The highest BCUT2D eigenvalue weighted by molar-refractivity contribution is 6.30. The fraction of sp³-hybridized carbons (Fsp3) is 0.348. The second-order valence-corrected chi connectivity index (χ2v) is 8.56.